The third-order valence-electron chi connectivity index (χ3n) is 5.17. The molecule has 1 atom stereocenters. The third kappa shape index (κ3) is 3.37. The molecule has 0 spiro atoms. The Balaban J connectivity index is 1.58. The zero-order chi connectivity index (χ0) is 18.1. The van der Waals surface area contributed by atoms with Gasteiger partial charge in [-0.1, -0.05) is 16.4 Å². The van der Waals surface area contributed by atoms with Gasteiger partial charge in [-0.25, -0.2) is 4.68 Å². The van der Waals surface area contributed by atoms with Gasteiger partial charge in [-0.05, 0) is 43.0 Å². The van der Waals surface area contributed by atoms with Crippen molar-refractivity contribution in [3.05, 3.63) is 34.3 Å². The number of carbonyl (C=O) groups is 1. The standard InChI is InChI=1S/C17H19N5O2S2/c18-11-17(4-5-17)22-9-14(20-21-22)15(12-2-7-26(24)8-3-12)19-16(23)13-1-6-25-10-13/h1,6,9-10,12,15H,2-5,7-8H2,(H,19,23)/t12?,15-,26?/m0/s1. The summed E-state index contributed by atoms with van der Waals surface area (Å²) in [6, 6.07) is 3.81. The van der Waals surface area contributed by atoms with Crippen LogP contribution < -0.4 is 5.32 Å². The normalized spacial score (nSPS) is 25.2. The first-order valence-corrected chi connectivity index (χ1v) is 11.1. The van der Waals surface area contributed by atoms with Crippen molar-refractivity contribution in [2.75, 3.05) is 11.5 Å². The number of nitrogens with one attached hydrogen (secondary N) is 1. The maximum absolute atomic E-state index is 12.6. The lowest BCUT2D eigenvalue weighted by atomic mass is 9.91. The molecule has 7 nitrogen and oxygen atoms in total. The van der Waals surface area contributed by atoms with Crippen molar-refractivity contribution in [2.45, 2.75) is 37.3 Å². The Morgan fingerprint density at radius 3 is 2.88 bits per heavy atom. The zero-order valence-corrected chi connectivity index (χ0v) is 15.8. The monoisotopic (exact) mass is 389 g/mol. The second-order valence-corrected chi connectivity index (χ2v) is 9.36. The van der Waals surface area contributed by atoms with E-state index in [-0.39, 0.29) is 17.9 Å². The molecule has 0 unspecified atom stereocenters. The molecule has 2 fully saturated rings. The van der Waals surface area contributed by atoms with Crippen molar-refractivity contribution in [3.8, 4) is 6.07 Å². The Kier molecular flexibility index (Phi) is 4.73. The number of nitriles is 1. The van der Waals surface area contributed by atoms with Gasteiger partial charge in [-0.3, -0.25) is 4.79 Å². The molecule has 136 valence electrons. The van der Waals surface area contributed by atoms with Crippen molar-refractivity contribution in [1.29, 1.82) is 5.26 Å². The second-order valence-electron chi connectivity index (χ2n) is 6.88. The molecule has 1 saturated heterocycles. The number of nitrogens with zero attached hydrogens (tertiary/aromatic N) is 4. The summed E-state index contributed by atoms with van der Waals surface area (Å²) in [5, 5.41) is 24.6. The Morgan fingerprint density at radius 2 is 2.27 bits per heavy atom. The maximum atomic E-state index is 12.6. The molecule has 0 radical (unpaired) electrons. The predicted molar refractivity (Wildman–Crippen MR) is 98.0 cm³/mol. The average Bonchev–Trinajstić information content (AvgIpc) is 3.06. The van der Waals surface area contributed by atoms with Gasteiger partial charge in [-0.2, -0.15) is 16.6 Å². The SMILES string of the molecule is N#CC1(n2cc([C@@H](NC(=O)c3ccsc3)C3CC[S+]([O-])CC3)nn2)CC1. The van der Waals surface area contributed by atoms with Crippen LogP contribution in [0.15, 0.2) is 23.0 Å². The molecule has 2 aliphatic rings. The number of thiophene rings is 1. The van der Waals surface area contributed by atoms with E-state index in [9.17, 15) is 14.6 Å². The number of aromatic nitrogens is 3. The number of amides is 1. The Labute approximate surface area is 158 Å². The van der Waals surface area contributed by atoms with Gasteiger partial charge in [0.05, 0.1) is 23.9 Å². The molecular formula is C17H19N5O2S2. The number of rotatable bonds is 5. The van der Waals surface area contributed by atoms with Crippen molar-refractivity contribution in [1.82, 2.24) is 20.3 Å². The van der Waals surface area contributed by atoms with Crippen LogP contribution in [0.5, 0.6) is 0 Å². The fraction of sp³-hybridized carbons (Fsp3) is 0.529. The summed E-state index contributed by atoms with van der Waals surface area (Å²) >= 11 is 0.705. The van der Waals surface area contributed by atoms with Crippen molar-refractivity contribution in [3.63, 3.8) is 0 Å². The van der Waals surface area contributed by atoms with Crippen LogP contribution in [0.3, 0.4) is 0 Å². The minimum atomic E-state index is -0.772. The highest BCUT2D eigenvalue weighted by Crippen LogP contribution is 2.42. The minimum absolute atomic E-state index is 0.140. The lowest BCUT2D eigenvalue weighted by Crippen LogP contribution is -2.37. The van der Waals surface area contributed by atoms with Gasteiger partial charge in [0.1, 0.15) is 17.2 Å². The first-order chi connectivity index (χ1) is 12.6. The molecule has 1 saturated carbocycles. The van der Waals surface area contributed by atoms with E-state index in [2.05, 4.69) is 21.7 Å². The van der Waals surface area contributed by atoms with Crippen LogP contribution in [0.25, 0.3) is 0 Å². The summed E-state index contributed by atoms with van der Waals surface area (Å²) in [4.78, 5) is 12.6. The van der Waals surface area contributed by atoms with Crippen LogP contribution in [0, 0.1) is 17.2 Å². The van der Waals surface area contributed by atoms with Gasteiger partial charge in [-0.15, -0.1) is 5.10 Å². The van der Waals surface area contributed by atoms with E-state index in [4.69, 9.17) is 0 Å². The fourth-order valence-electron chi connectivity index (χ4n) is 3.34. The second kappa shape index (κ2) is 7.02. The van der Waals surface area contributed by atoms with Crippen LogP contribution in [-0.4, -0.2) is 37.0 Å². The molecule has 2 aromatic heterocycles. The van der Waals surface area contributed by atoms with Crippen LogP contribution in [0.2, 0.25) is 0 Å². The van der Waals surface area contributed by atoms with Gasteiger partial charge < -0.3 is 9.87 Å². The molecule has 1 amide bonds. The number of hydrogen-bond donors (Lipinski definition) is 1. The molecule has 1 aliphatic carbocycles. The first-order valence-electron chi connectivity index (χ1n) is 8.63. The van der Waals surface area contributed by atoms with Crippen molar-refractivity contribution < 1.29 is 9.35 Å². The molecule has 9 heteroatoms. The van der Waals surface area contributed by atoms with Gasteiger partial charge in [0.25, 0.3) is 5.91 Å². The molecule has 0 aromatic carbocycles. The summed E-state index contributed by atoms with van der Waals surface area (Å²) in [7, 11) is 0. The van der Waals surface area contributed by atoms with Gasteiger partial charge in [0.15, 0.2) is 5.54 Å². The smallest absolute Gasteiger partial charge is 0.252 e. The van der Waals surface area contributed by atoms with E-state index >= 15 is 0 Å². The predicted octanol–water partition coefficient (Wildman–Crippen LogP) is 1.98. The average molecular weight is 390 g/mol. The van der Waals surface area contributed by atoms with E-state index in [0.717, 1.165) is 25.7 Å². The molecule has 26 heavy (non-hydrogen) atoms. The van der Waals surface area contributed by atoms with Gasteiger partial charge in [0, 0.05) is 5.38 Å². The van der Waals surface area contributed by atoms with E-state index in [1.165, 1.54) is 11.3 Å². The number of hydrogen-bond acceptors (Lipinski definition) is 6. The summed E-state index contributed by atoms with van der Waals surface area (Å²) in [5.74, 6) is 1.31. The summed E-state index contributed by atoms with van der Waals surface area (Å²) in [5.41, 5.74) is 0.733. The summed E-state index contributed by atoms with van der Waals surface area (Å²) in [6.07, 6.45) is 4.90. The molecule has 1 aliphatic heterocycles. The van der Waals surface area contributed by atoms with E-state index < -0.39 is 16.7 Å². The molecule has 3 heterocycles. The molecule has 2 aromatic rings. The molecule has 0 bridgehead atoms. The fourth-order valence-corrected chi connectivity index (χ4v) is 5.31. The van der Waals surface area contributed by atoms with Crippen LogP contribution in [-0.2, 0) is 16.7 Å². The lowest BCUT2D eigenvalue weighted by molar-refractivity contribution is 0.0918. The van der Waals surface area contributed by atoms with E-state index in [1.807, 2.05) is 10.8 Å². The highest BCUT2D eigenvalue weighted by molar-refractivity contribution is 7.91. The molecule has 4 rings (SSSR count). The molecule has 1 N–H and O–H groups in total. The molecular weight excluding hydrogens is 370 g/mol. The van der Waals surface area contributed by atoms with Crippen molar-refractivity contribution >= 4 is 28.4 Å². The quantitative estimate of drug-likeness (QED) is 0.787. The first kappa shape index (κ1) is 17.5. The Hall–Kier alpha value is -1.89. The lowest BCUT2D eigenvalue weighted by Gasteiger charge is -2.30. The third-order valence-corrected chi connectivity index (χ3v) is 7.24. The summed E-state index contributed by atoms with van der Waals surface area (Å²) < 4.78 is 13.3. The van der Waals surface area contributed by atoms with Gasteiger partial charge >= 0.3 is 0 Å². The van der Waals surface area contributed by atoms with E-state index in [0.29, 0.717) is 22.8 Å². The van der Waals surface area contributed by atoms with Crippen LogP contribution in [0.1, 0.15) is 47.8 Å². The highest BCUT2D eigenvalue weighted by atomic mass is 32.2. The maximum Gasteiger partial charge on any atom is 0.252 e. The van der Waals surface area contributed by atoms with E-state index in [1.54, 1.807) is 16.9 Å². The summed E-state index contributed by atoms with van der Waals surface area (Å²) in [6.45, 7) is 0. The minimum Gasteiger partial charge on any atom is -0.616 e. The largest absolute Gasteiger partial charge is 0.616 e. The van der Waals surface area contributed by atoms with Crippen molar-refractivity contribution in [2.24, 2.45) is 5.92 Å². The van der Waals surface area contributed by atoms with Crippen LogP contribution in [0.4, 0.5) is 0 Å². The zero-order valence-electron chi connectivity index (χ0n) is 14.1. The van der Waals surface area contributed by atoms with Crippen LogP contribution >= 0.6 is 11.3 Å². The Morgan fingerprint density at radius 1 is 1.50 bits per heavy atom. The topological polar surface area (TPSA) is 107 Å². The van der Waals surface area contributed by atoms with Gasteiger partial charge in [0.2, 0.25) is 0 Å². The number of carbonyl (C=O) groups excluding carboxylic acids is 1. The highest BCUT2D eigenvalue weighted by Gasteiger charge is 2.47. The Bertz CT molecular complexity index is 817.